The number of non-ortho nitro benzene ring substituents is 1. The highest BCUT2D eigenvalue weighted by atomic mass is 16.6. The SMILES string of the molecule is CCN(CC)C(=O)c1ccc(C(c2cccc([N+](=O)[O-])c2)N2CCNCC2)cc1. The average molecular weight is 396 g/mol. The lowest BCUT2D eigenvalue weighted by molar-refractivity contribution is -0.384. The predicted octanol–water partition coefficient (Wildman–Crippen LogP) is 3.07. The lowest BCUT2D eigenvalue weighted by Gasteiger charge is -2.35. The van der Waals surface area contributed by atoms with Gasteiger partial charge in [-0.15, -0.1) is 0 Å². The Bertz CT molecular complexity index is 843. The topological polar surface area (TPSA) is 78.7 Å². The van der Waals surface area contributed by atoms with E-state index in [0.29, 0.717) is 18.7 Å². The van der Waals surface area contributed by atoms with Gasteiger partial charge in [-0.05, 0) is 37.1 Å². The summed E-state index contributed by atoms with van der Waals surface area (Å²) in [5.74, 6) is 0.0237. The molecule has 1 aliphatic heterocycles. The van der Waals surface area contributed by atoms with Crippen LogP contribution in [0, 0.1) is 10.1 Å². The second-order valence-electron chi connectivity index (χ2n) is 7.14. The van der Waals surface area contributed by atoms with Crippen molar-refractivity contribution in [1.82, 2.24) is 15.1 Å². The highest BCUT2D eigenvalue weighted by molar-refractivity contribution is 5.94. The highest BCUT2D eigenvalue weighted by Crippen LogP contribution is 2.31. The number of amides is 1. The molecule has 2 aromatic carbocycles. The number of hydrogen-bond donors (Lipinski definition) is 1. The molecule has 154 valence electrons. The third-order valence-corrected chi connectivity index (χ3v) is 5.44. The summed E-state index contributed by atoms with van der Waals surface area (Å²) in [6.07, 6.45) is 0. The quantitative estimate of drug-likeness (QED) is 0.575. The maximum absolute atomic E-state index is 12.6. The molecule has 29 heavy (non-hydrogen) atoms. The molecule has 1 saturated heterocycles. The zero-order valence-corrected chi connectivity index (χ0v) is 17.0. The first-order valence-corrected chi connectivity index (χ1v) is 10.1. The third kappa shape index (κ3) is 4.81. The molecule has 7 nitrogen and oxygen atoms in total. The van der Waals surface area contributed by atoms with Crippen LogP contribution in [0.1, 0.15) is 41.4 Å². The van der Waals surface area contributed by atoms with Crippen LogP contribution in [0.25, 0.3) is 0 Å². The van der Waals surface area contributed by atoms with E-state index in [0.717, 1.165) is 37.3 Å². The molecular formula is C22H28N4O3. The number of nitro groups is 1. The van der Waals surface area contributed by atoms with Crippen molar-refractivity contribution in [2.24, 2.45) is 0 Å². The molecule has 0 bridgehead atoms. The van der Waals surface area contributed by atoms with Crippen molar-refractivity contribution in [3.63, 3.8) is 0 Å². The molecule has 0 spiro atoms. The van der Waals surface area contributed by atoms with Crippen LogP contribution in [-0.4, -0.2) is 59.9 Å². The fourth-order valence-corrected chi connectivity index (χ4v) is 3.86. The monoisotopic (exact) mass is 396 g/mol. The lowest BCUT2D eigenvalue weighted by Crippen LogP contribution is -2.45. The van der Waals surface area contributed by atoms with Gasteiger partial charge in [-0.1, -0.05) is 24.3 Å². The average Bonchev–Trinajstić information content (AvgIpc) is 2.76. The van der Waals surface area contributed by atoms with E-state index in [4.69, 9.17) is 0 Å². The third-order valence-electron chi connectivity index (χ3n) is 5.44. The van der Waals surface area contributed by atoms with Crippen LogP contribution in [0.3, 0.4) is 0 Å². The van der Waals surface area contributed by atoms with Crippen LogP contribution in [0.15, 0.2) is 48.5 Å². The minimum atomic E-state index is -0.357. The summed E-state index contributed by atoms with van der Waals surface area (Å²) in [6.45, 7) is 8.76. The minimum absolute atomic E-state index is 0.0237. The van der Waals surface area contributed by atoms with Crippen molar-refractivity contribution in [3.05, 3.63) is 75.3 Å². The van der Waals surface area contributed by atoms with E-state index in [9.17, 15) is 14.9 Å². The van der Waals surface area contributed by atoms with E-state index in [1.165, 1.54) is 6.07 Å². The summed E-state index contributed by atoms with van der Waals surface area (Å²) in [5.41, 5.74) is 2.68. The Morgan fingerprint density at radius 3 is 2.34 bits per heavy atom. The normalized spacial score (nSPS) is 15.7. The van der Waals surface area contributed by atoms with E-state index in [2.05, 4.69) is 10.2 Å². The van der Waals surface area contributed by atoms with E-state index >= 15 is 0 Å². The maximum atomic E-state index is 12.6. The summed E-state index contributed by atoms with van der Waals surface area (Å²) in [4.78, 5) is 27.6. The Morgan fingerprint density at radius 2 is 1.76 bits per heavy atom. The summed E-state index contributed by atoms with van der Waals surface area (Å²) in [6, 6.07) is 14.4. The molecule has 2 aromatic rings. The molecule has 3 rings (SSSR count). The molecule has 1 fully saturated rings. The van der Waals surface area contributed by atoms with Crippen LogP contribution in [0.4, 0.5) is 5.69 Å². The van der Waals surface area contributed by atoms with E-state index in [1.54, 1.807) is 17.0 Å². The number of nitrogens with zero attached hydrogens (tertiary/aromatic N) is 3. The van der Waals surface area contributed by atoms with E-state index in [1.807, 2.05) is 44.2 Å². The molecule has 0 saturated carbocycles. The van der Waals surface area contributed by atoms with Gasteiger partial charge in [-0.3, -0.25) is 19.8 Å². The first kappa shape index (κ1) is 21.0. The van der Waals surface area contributed by atoms with Crippen LogP contribution >= 0.6 is 0 Å². The zero-order valence-electron chi connectivity index (χ0n) is 17.0. The molecule has 1 atom stereocenters. The van der Waals surface area contributed by atoms with Gasteiger partial charge in [0.15, 0.2) is 0 Å². The number of carbonyl (C=O) groups is 1. The molecule has 0 radical (unpaired) electrons. The smallest absolute Gasteiger partial charge is 0.269 e. The van der Waals surface area contributed by atoms with Crippen LogP contribution in [0.2, 0.25) is 0 Å². The highest BCUT2D eigenvalue weighted by Gasteiger charge is 2.25. The number of carbonyl (C=O) groups excluding carboxylic acids is 1. The maximum Gasteiger partial charge on any atom is 0.269 e. The Labute approximate surface area is 171 Å². The summed E-state index contributed by atoms with van der Waals surface area (Å²) < 4.78 is 0. The Kier molecular flexibility index (Phi) is 6.95. The van der Waals surface area contributed by atoms with Crippen molar-refractivity contribution in [2.75, 3.05) is 39.3 Å². The molecule has 7 heteroatoms. The standard InChI is InChI=1S/C22H28N4O3/c1-3-24(4-2)22(27)18-10-8-17(9-11-18)21(25-14-12-23-13-15-25)19-6-5-7-20(16-19)26(28)29/h5-11,16,21,23H,3-4,12-15H2,1-2H3. The second-order valence-corrected chi connectivity index (χ2v) is 7.14. The van der Waals surface area contributed by atoms with Gasteiger partial charge in [0.05, 0.1) is 11.0 Å². The molecule has 0 aliphatic carbocycles. The number of nitrogens with one attached hydrogen (secondary N) is 1. The van der Waals surface area contributed by atoms with Crippen LogP contribution in [-0.2, 0) is 0 Å². The van der Waals surface area contributed by atoms with Crippen LogP contribution < -0.4 is 5.32 Å². The summed E-state index contributed by atoms with van der Waals surface area (Å²) in [7, 11) is 0. The number of hydrogen-bond acceptors (Lipinski definition) is 5. The van der Waals surface area contributed by atoms with Gasteiger partial charge in [0, 0.05) is 57.0 Å². The number of benzene rings is 2. The van der Waals surface area contributed by atoms with Gasteiger partial charge < -0.3 is 10.2 Å². The van der Waals surface area contributed by atoms with Gasteiger partial charge in [0.1, 0.15) is 0 Å². The predicted molar refractivity (Wildman–Crippen MR) is 113 cm³/mol. The zero-order chi connectivity index (χ0) is 20.8. The van der Waals surface area contributed by atoms with Gasteiger partial charge >= 0.3 is 0 Å². The first-order valence-electron chi connectivity index (χ1n) is 10.1. The van der Waals surface area contributed by atoms with Crippen molar-refractivity contribution in [1.29, 1.82) is 0 Å². The van der Waals surface area contributed by atoms with Crippen LogP contribution in [0.5, 0.6) is 0 Å². The summed E-state index contributed by atoms with van der Waals surface area (Å²) >= 11 is 0. The van der Waals surface area contributed by atoms with Crippen molar-refractivity contribution in [2.45, 2.75) is 19.9 Å². The number of piperazine rings is 1. The molecule has 1 N–H and O–H groups in total. The first-order chi connectivity index (χ1) is 14.0. The van der Waals surface area contributed by atoms with E-state index < -0.39 is 0 Å². The number of rotatable bonds is 7. The molecule has 1 heterocycles. The molecule has 1 aliphatic rings. The van der Waals surface area contributed by atoms with Gasteiger partial charge in [0.25, 0.3) is 11.6 Å². The van der Waals surface area contributed by atoms with Crippen molar-refractivity contribution < 1.29 is 9.72 Å². The second kappa shape index (κ2) is 9.62. The Hall–Kier alpha value is -2.77. The lowest BCUT2D eigenvalue weighted by atomic mass is 9.95. The van der Waals surface area contributed by atoms with Crippen molar-refractivity contribution >= 4 is 11.6 Å². The van der Waals surface area contributed by atoms with Gasteiger partial charge in [0.2, 0.25) is 0 Å². The van der Waals surface area contributed by atoms with E-state index in [-0.39, 0.29) is 22.6 Å². The molecule has 0 aromatic heterocycles. The van der Waals surface area contributed by atoms with Gasteiger partial charge in [-0.25, -0.2) is 0 Å². The Morgan fingerprint density at radius 1 is 1.10 bits per heavy atom. The number of nitro benzene ring substituents is 1. The Balaban J connectivity index is 1.95. The fraction of sp³-hybridized carbons (Fsp3) is 0.409. The molecular weight excluding hydrogens is 368 g/mol. The van der Waals surface area contributed by atoms with Gasteiger partial charge in [-0.2, -0.15) is 0 Å². The minimum Gasteiger partial charge on any atom is -0.339 e. The molecule has 1 unspecified atom stereocenters. The van der Waals surface area contributed by atoms with Crippen molar-refractivity contribution in [3.8, 4) is 0 Å². The summed E-state index contributed by atoms with van der Waals surface area (Å²) in [5, 5.41) is 14.6. The largest absolute Gasteiger partial charge is 0.339 e. The fourth-order valence-electron chi connectivity index (χ4n) is 3.86. The molecule has 1 amide bonds.